The first-order chi connectivity index (χ1) is 9.74. The minimum absolute atomic E-state index is 0.0113. The second kappa shape index (κ2) is 7.45. The second-order valence-electron chi connectivity index (χ2n) is 4.56. The number of ether oxygens (including phenoxy) is 1. The molecule has 0 radical (unpaired) electrons. The van der Waals surface area contributed by atoms with Crippen LogP contribution in [0.25, 0.3) is 0 Å². The van der Waals surface area contributed by atoms with Crippen LogP contribution in [-0.4, -0.2) is 27.5 Å². The summed E-state index contributed by atoms with van der Waals surface area (Å²) in [7, 11) is -2.84. The minimum atomic E-state index is -4.05. The number of carbonyl (C=O) groups is 1. The van der Waals surface area contributed by atoms with Gasteiger partial charge in [0.1, 0.15) is 10.9 Å². The van der Waals surface area contributed by atoms with Crippen molar-refractivity contribution in [3.05, 3.63) is 28.2 Å². The predicted molar refractivity (Wildman–Crippen MR) is 82.0 cm³/mol. The molecule has 0 saturated heterocycles. The molecule has 0 aromatic heterocycles. The molecule has 2 atom stereocenters. The van der Waals surface area contributed by atoms with Crippen LogP contribution in [0, 0.1) is 5.92 Å². The van der Waals surface area contributed by atoms with Crippen LogP contribution in [0.15, 0.2) is 23.1 Å². The van der Waals surface area contributed by atoms with Gasteiger partial charge in [0.2, 0.25) is 10.0 Å². The summed E-state index contributed by atoms with van der Waals surface area (Å²) >= 11 is 11.8. The van der Waals surface area contributed by atoms with Crippen LogP contribution in [-0.2, 0) is 19.6 Å². The van der Waals surface area contributed by atoms with Gasteiger partial charge in [0.15, 0.2) is 0 Å². The fourth-order valence-corrected chi connectivity index (χ4v) is 4.16. The summed E-state index contributed by atoms with van der Waals surface area (Å²) in [4.78, 5) is 11.5. The molecule has 118 valence electrons. The first kappa shape index (κ1) is 18.2. The molecule has 8 heteroatoms. The molecule has 0 heterocycles. The lowest BCUT2D eigenvalue weighted by Gasteiger charge is -2.22. The zero-order valence-electron chi connectivity index (χ0n) is 11.9. The molecule has 0 saturated carbocycles. The fraction of sp³-hybridized carbons (Fsp3) is 0.462. The molecular formula is C13H17Cl2NO4S. The monoisotopic (exact) mass is 353 g/mol. The average molecular weight is 354 g/mol. The van der Waals surface area contributed by atoms with Crippen molar-refractivity contribution in [2.75, 3.05) is 7.11 Å². The number of methoxy groups -OCH3 is 1. The third-order valence-electron chi connectivity index (χ3n) is 3.14. The number of benzene rings is 1. The highest BCUT2D eigenvalue weighted by Crippen LogP contribution is 2.29. The maximum atomic E-state index is 12.4. The number of hydrogen-bond acceptors (Lipinski definition) is 4. The molecule has 5 nitrogen and oxygen atoms in total. The third kappa shape index (κ3) is 4.32. The van der Waals surface area contributed by atoms with Crippen molar-refractivity contribution >= 4 is 39.2 Å². The van der Waals surface area contributed by atoms with Crippen LogP contribution in [0.1, 0.15) is 20.3 Å². The van der Waals surface area contributed by atoms with E-state index in [1.807, 2.05) is 6.92 Å². The second-order valence-corrected chi connectivity index (χ2v) is 7.02. The number of carbonyl (C=O) groups excluding carboxylic acids is 1. The Morgan fingerprint density at radius 2 is 1.86 bits per heavy atom. The zero-order valence-corrected chi connectivity index (χ0v) is 14.2. The maximum absolute atomic E-state index is 12.4. The van der Waals surface area contributed by atoms with Crippen LogP contribution >= 0.6 is 23.2 Å². The predicted octanol–water partition coefficient (Wildman–Crippen LogP) is 2.86. The Labute approximate surface area is 134 Å². The standard InChI is InChI=1S/C13H17Cl2NO4S/c1-4-8(2)11(13(17)20-3)16-21(18,19)12-9(14)6-5-7-10(12)15/h5-8,11,16H,4H2,1-3H3/t8-,11+/m0/s1. The topological polar surface area (TPSA) is 72.5 Å². The fourth-order valence-electron chi connectivity index (χ4n) is 1.72. The molecular weight excluding hydrogens is 337 g/mol. The number of esters is 1. The summed E-state index contributed by atoms with van der Waals surface area (Å²) in [5.41, 5.74) is 0. The van der Waals surface area contributed by atoms with Gasteiger partial charge in [-0.2, -0.15) is 4.72 Å². The Bertz CT molecular complexity index is 598. The Hall–Kier alpha value is -0.820. The van der Waals surface area contributed by atoms with Crippen LogP contribution in [0.4, 0.5) is 0 Å². The molecule has 1 rings (SSSR count). The normalized spacial score (nSPS) is 14.5. The number of hydrogen-bond donors (Lipinski definition) is 1. The molecule has 1 aromatic carbocycles. The molecule has 0 aliphatic heterocycles. The Kier molecular flexibility index (Phi) is 6.46. The molecule has 0 spiro atoms. The maximum Gasteiger partial charge on any atom is 0.324 e. The summed E-state index contributed by atoms with van der Waals surface area (Å²) in [6, 6.07) is 3.37. The van der Waals surface area contributed by atoms with Gasteiger partial charge >= 0.3 is 5.97 Å². The van der Waals surface area contributed by atoms with Gasteiger partial charge in [-0.25, -0.2) is 8.42 Å². The van der Waals surface area contributed by atoms with E-state index in [9.17, 15) is 13.2 Å². The molecule has 0 aliphatic carbocycles. The van der Waals surface area contributed by atoms with Crippen molar-refractivity contribution in [1.29, 1.82) is 0 Å². The van der Waals surface area contributed by atoms with E-state index < -0.39 is 22.0 Å². The van der Waals surface area contributed by atoms with Gasteiger partial charge in [-0.15, -0.1) is 0 Å². The van der Waals surface area contributed by atoms with Gasteiger partial charge in [0.05, 0.1) is 17.2 Å². The number of rotatable bonds is 6. The zero-order chi connectivity index (χ0) is 16.2. The van der Waals surface area contributed by atoms with Crippen molar-refractivity contribution in [1.82, 2.24) is 4.72 Å². The highest BCUT2D eigenvalue weighted by Gasteiger charge is 2.32. The summed E-state index contributed by atoms with van der Waals surface area (Å²) in [6.07, 6.45) is 0.596. The lowest BCUT2D eigenvalue weighted by atomic mass is 10.0. The Morgan fingerprint density at radius 1 is 1.33 bits per heavy atom. The van der Waals surface area contributed by atoms with Crippen LogP contribution in [0.5, 0.6) is 0 Å². The first-order valence-electron chi connectivity index (χ1n) is 6.28. The van der Waals surface area contributed by atoms with Crippen molar-refractivity contribution in [3.8, 4) is 0 Å². The molecule has 1 N–H and O–H groups in total. The molecule has 0 fully saturated rings. The Balaban J connectivity index is 3.21. The SMILES string of the molecule is CC[C@H](C)[C@@H](NS(=O)(=O)c1c(Cl)cccc1Cl)C(=O)OC. The quantitative estimate of drug-likeness (QED) is 0.798. The van der Waals surface area contributed by atoms with Gasteiger partial charge in [0, 0.05) is 0 Å². The van der Waals surface area contributed by atoms with E-state index in [-0.39, 0.29) is 20.9 Å². The summed E-state index contributed by atoms with van der Waals surface area (Å²) < 4.78 is 31.8. The van der Waals surface area contributed by atoms with E-state index in [0.29, 0.717) is 6.42 Å². The third-order valence-corrected chi connectivity index (χ3v) is 5.53. The Morgan fingerprint density at radius 3 is 2.29 bits per heavy atom. The summed E-state index contributed by atoms with van der Waals surface area (Å²) in [6.45, 7) is 3.59. The highest BCUT2D eigenvalue weighted by atomic mass is 35.5. The summed E-state index contributed by atoms with van der Waals surface area (Å²) in [5, 5.41) is -0.0227. The first-order valence-corrected chi connectivity index (χ1v) is 8.52. The van der Waals surface area contributed by atoms with Gasteiger partial charge in [-0.05, 0) is 18.1 Å². The van der Waals surface area contributed by atoms with Crippen molar-refractivity contribution in [3.63, 3.8) is 0 Å². The molecule has 0 aliphatic rings. The number of halogens is 2. The minimum Gasteiger partial charge on any atom is -0.468 e. The largest absolute Gasteiger partial charge is 0.468 e. The lowest BCUT2D eigenvalue weighted by Crippen LogP contribution is -2.45. The van der Waals surface area contributed by atoms with Crippen LogP contribution < -0.4 is 4.72 Å². The van der Waals surface area contributed by atoms with Crippen LogP contribution in [0.2, 0.25) is 10.0 Å². The lowest BCUT2D eigenvalue weighted by molar-refractivity contribution is -0.143. The van der Waals surface area contributed by atoms with Crippen molar-refractivity contribution in [2.24, 2.45) is 5.92 Å². The molecule has 0 bridgehead atoms. The van der Waals surface area contributed by atoms with E-state index in [1.165, 1.54) is 25.3 Å². The van der Waals surface area contributed by atoms with E-state index in [1.54, 1.807) is 6.92 Å². The van der Waals surface area contributed by atoms with Crippen molar-refractivity contribution in [2.45, 2.75) is 31.2 Å². The van der Waals surface area contributed by atoms with Gasteiger partial charge < -0.3 is 4.74 Å². The molecule has 1 aromatic rings. The van der Waals surface area contributed by atoms with E-state index in [4.69, 9.17) is 23.2 Å². The smallest absolute Gasteiger partial charge is 0.324 e. The van der Waals surface area contributed by atoms with Crippen molar-refractivity contribution < 1.29 is 17.9 Å². The van der Waals surface area contributed by atoms with Crippen LogP contribution in [0.3, 0.4) is 0 Å². The average Bonchev–Trinajstić information content (AvgIpc) is 2.42. The number of nitrogens with one attached hydrogen (secondary N) is 1. The molecule has 0 amide bonds. The van der Waals surface area contributed by atoms with Gasteiger partial charge in [-0.1, -0.05) is 49.5 Å². The van der Waals surface area contributed by atoms with Gasteiger partial charge in [0.25, 0.3) is 0 Å². The molecule has 21 heavy (non-hydrogen) atoms. The van der Waals surface area contributed by atoms with Gasteiger partial charge in [-0.3, -0.25) is 4.79 Å². The van der Waals surface area contributed by atoms with E-state index in [0.717, 1.165) is 0 Å². The van der Waals surface area contributed by atoms with E-state index in [2.05, 4.69) is 9.46 Å². The summed E-state index contributed by atoms with van der Waals surface area (Å²) in [5.74, 6) is -0.899. The van der Waals surface area contributed by atoms with E-state index >= 15 is 0 Å². The molecule has 0 unspecified atom stereocenters. The number of sulfonamides is 1. The highest BCUT2D eigenvalue weighted by molar-refractivity contribution is 7.89.